The molecular weight excluding hydrogens is 296 g/mol. The summed E-state index contributed by atoms with van der Waals surface area (Å²) in [6.07, 6.45) is 2.04. The Labute approximate surface area is 141 Å². The Morgan fingerprint density at radius 3 is 2.50 bits per heavy atom. The molecule has 4 rings (SSSR count). The van der Waals surface area contributed by atoms with E-state index in [0.717, 1.165) is 22.2 Å². The number of aromatic nitrogens is 1. The summed E-state index contributed by atoms with van der Waals surface area (Å²) in [7, 11) is 0. The van der Waals surface area contributed by atoms with Crippen LogP contribution in [0.15, 0.2) is 71.9 Å². The van der Waals surface area contributed by atoms with E-state index in [1.54, 1.807) is 0 Å². The number of hydrogen-bond acceptors (Lipinski definition) is 1. The lowest BCUT2D eigenvalue weighted by molar-refractivity contribution is -0.127. The van der Waals surface area contributed by atoms with Gasteiger partial charge in [0.05, 0.1) is 6.04 Å². The average Bonchev–Trinajstić information content (AvgIpc) is 3.12. The van der Waals surface area contributed by atoms with E-state index in [-0.39, 0.29) is 11.9 Å². The number of H-pyrrole nitrogens is 1. The first kappa shape index (κ1) is 14.8. The molecule has 0 bridgehead atoms. The first-order chi connectivity index (χ1) is 11.7. The van der Waals surface area contributed by atoms with Crippen LogP contribution >= 0.6 is 0 Å². The lowest BCUT2D eigenvalue weighted by Crippen LogP contribution is -2.29. The Balaban J connectivity index is 1.79. The molecule has 0 saturated carbocycles. The lowest BCUT2D eigenvalue weighted by Gasteiger charge is -2.26. The minimum Gasteiger partial charge on any atom is -0.361 e. The second-order valence-electron chi connectivity index (χ2n) is 6.42. The van der Waals surface area contributed by atoms with Crippen molar-refractivity contribution in [3.63, 3.8) is 0 Å². The van der Waals surface area contributed by atoms with Crippen LogP contribution < -0.4 is 0 Å². The molecule has 1 aromatic heterocycles. The van der Waals surface area contributed by atoms with Crippen molar-refractivity contribution in [1.82, 2.24) is 9.88 Å². The average molecular weight is 316 g/mol. The van der Waals surface area contributed by atoms with Crippen molar-refractivity contribution in [2.24, 2.45) is 0 Å². The highest BCUT2D eigenvalue weighted by Gasteiger charge is 2.36. The zero-order chi connectivity index (χ0) is 16.7. The van der Waals surface area contributed by atoms with Gasteiger partial charge < -0.3 is 9.88 Å². The van der Waals surface area contributed by atoms with Gasteiger partial charge in [0, 0.05) is 34.8 Å². The zero-order valence-corrected chi connectivity index (χ0v) is 13.9. The van der Waals surface area contributed by atoms with Crippen molar-refractivity contribution in [1.29, 1.82) is 0 Å². The van der Waals surface area contributed by atoms with Crippen LogP contribution in [0.2, 0.25) is 0 Å². The monoisotopic (exact) mass is 316 g/mol. The minimum absolute atomic E-state index is 0.00569. The maximum absolute atomic E-state index is 12.8. The summed E-state index contributed by atoms with van der Waals surface area (Å²) in [6.45, 7) is 4.63. The number of benzene rings is 2. The molecule has 2 heterocycles. The molecule has 0 spiro atoms. The molecule has 0 aliphatic carbocycles. The van der Waals surface area contributed by atoms with Gasteiger partial charge in [0.1, 0.15) is 0 Å². The largest absolute Gasteiger partial charge is 0.361 e. The fraction of sp³-hybridized carbons (Fsp3) is 0.190. The van der Waals surface area contributed by atoms with Crippen molar-refractivity contribution >= 4 is 16.8 Å². The van der Waals surface area contributed by atoms with Crippen LogP contribution in [0, 0.1) is 0 Å². The first-order valence-electron chi connectivity index (χ1n) is 8.25. The molecule has 1 amide bonds. The molecule has 1 aliphatic rings. The fourth-order valence-electron chi connectivity index (χ4n) is 3.60. The van der Waals surface area contributed by atoms with Crippen LogP contribution in [0.25, 0.3) is 10.9 Å². The number of hydrogen-bond donors (Lipinski definition) is 1. The van der Waals surface area contributed by atoms with Crippen molar-refractivity contribution in [3.05, 3.63) is 83.1 Å². The van der Waals surface area contributed by atoms with Crippen LogP contribution in [0.5, 0.6) is 0 Å². The number of carbonyl (C=O) groups is 1. The van der Waals surface area contributed by atoms with Crippen molar-refractivity contribution < 1.29 is 4.79 Å². The molecule has 2 aromatic carbocycles. The Bertz CT molecular complexity index is 937. The fourth-order valence-corrected chi connectivity index (χ4v) is 3.60. The molecule has 3 aromatic rings. The summed E-state index contributed by atoms with van der Waals surface area (Å²) in [6, 6.07) is 18.4. The van der Waals surface area contributed by atoms with Gasteiger partial charge in [-0.3, -0.25) is 4.79 Å². The molecule has 24 heavy (non-hydrogen) atoms. The van der Waals surface area contributed by atoms with E-state index in [9.17, 15) is 4.79 Å². The van der Waals surface area contributed by atoms with Gasteiger partial charge in [-0.15, -0.1) is 0 Å². The smallest absolute Gasteiger partial charge is 0.250 e. The second kappa shape index (κ2) is 5.68. The quantitative estimate of drug-likeness (QED) is 0.754. The van der Waals surface area contributed by atoms with E-state index in [2.05, 4.69) is 36.2 Å². The van der Waals surface area contributed by atoms with Gasteiger partial charge in [-0.05, 0) is 31.1 Å². The number of carbonyl (C=O) groups excluding carboxylic acids is 1. The Kier molecular flexibility index (Phi) is 3.49. The molecular formula is C21H20N2O. The van der Waals surface area contributed by atoms with Gasteiger partial charge in [0.25, 0.3) is 5.91 Å². The van der Waals surface area contributed by atoms with Crippen molar-refractivity contribution in [2.75, 3.05) is 0 Å². The molecule has 0 unspecified atom stereocenters. The number of amides is 1. The molecule has 3 heteroatoms. The van der Waals surface area contributed by atoms with Gasteiger partial charge in [-0.2, -0.15) is 0 Å². The summed E-state index contributed by atoms with van der Waals surface area (Å²) in [5, 5.41) is 1.18. The van der Waals surface area contributed by atoms with Crippen molar-refractivity contribution in [2.45, 2.75) is 26.4 Å². The van der Waals surface area contributed by atoms with E-state index in [1.165, 1.54) is 10.9 Å². The summed E-state index contributed by atoms with van der Waals surface area (Å²) in [5.41, 5.74) is 5.43. The highest BCUT2D eigenvalue weighted by Crippen LogP contribution is 2.41. The van der Waals surface area contributed by atoms with Crippen LogP contribution in [-0.4, -0.2) is 15.8 Å². The molecule has 0 radical (unpaired) electrons. The Hall–Kier alpha value is -2.81. The summed E-state index contributed by atoms with van der Waals surface area (Å²) < 4.78 is 0. The predicted octanol–water partition coefficient (Wildman–Crippen LogP) is 4.59. The standard InChI is InChI=1S/C21H20N2O/c1-14-15(2)21(24)23(13-16-8-4-3-5-9-16)20(14)18-12-22-19-11-7-6-10-17(18)19/h3-12,20,22H,13H2,1-2H3/t20-/m1/s1. The van der Waals surface area contributed by atoms with E-state index < -0.39 is 0 Å². The SMILES string of the molecule is CC1=C(C)[C@H](c2c[nH]c3ccccc23)N(Cc2ccccc2)C1=O. The van der Waals surface area contributed by atoms with Gasteiger partial charge >= 0.3 is 0 Å². The number of nitrogens with zero attached hydrogens (tertiary/aromatic N) is 1. The lowest BCUT2D eigenvalue weighted by atomic mass is 9.98. The summed E-state index contributed by atoms with van der Waals surface area (Å²) in [4.78, 5) is 18.1. The van der Waals surface area contributed by atoms with Crippen LogP contribution in [0.1, 0.15) is 31.0 Å². The molecule has 120 valence electrons. The maximum atomic E-state index is 12.8. The Morgan fingerprint density at radius 1 is 1.00 bits per heavy atom. The molecule has 1 N–H and O–H groups in total. The summed E-state index contributed by atoms with van der Waals surface area (Å²) >= 11 is 0. The third-order valence-corrected chi connectivity index (χ3v) is 5.01. The molecule has 3 nitrogen and oxygen atoms in total. The second-order valence-corrected chi connectivity index (χ2v) is 6.42. The predicted molar refractivity (Wildman–Crippen MR) is 96.4 cm³/mol. The third-order valence-electron chi connectivity index (χ3n) is 5.01. The topological polar surface area (TPSA) is 36.1 Å². The number of para-hydroxylation sites is 1. The van der Waals surface area contributed by atoms with E-state index in [0.29, 0.717) is 6.54 Å². The highest BCUT2D eigenvalue weighted by molar-refractivity contribution is 5.98. The number of rotatable bonds is 3. The van der Waals surface area contributed by atoms with Gasteiger partial charge in [0.15, 0.2) is 0 Å². The third kappa shape index (κ3) is 2.24. The molecule has 0 saturated heterocycles. The number of aromatic amines is 1. The molecule has 1 atom stereocenters. The molecule has 1 aliphatic heterocycles. The van der Waals surface area contributed by atoms with Crippen LogP contribution in [-0.2, 0) is 11.3 Å². The summed E-state index contributed by atoms with van der Waals surface area (Å²) in [5.74, 6) is 0.131. The number of nitrogens with one attached hydrogen (secondary N) is 1. The van der Waals surface area contributed by atoms with Crippen LogP contribution in [0.4, 0.5) is 0 Å². The molecule has 0 fully saturated rings. The highest BCUT2D eigenvalue weighted by atomic mass is 16.2. The van der Waals surface area contributed by atoms with Gasteiger partial charge in [-0.25, -0.2) is 0 Å². The Morgan fingerprint density at radius 2 is 1.71 bits per heavy atom. The normalized spacial score (nSPS) is 18.0. The van der Waals surface area contributed by atoms with E-state index >= 15 is 0 Å². The number of fused-ring (bicyclic) bond motifs is 1. The first-order valence-corrected chi connectivity index (χ1v) is 8.25. The van der Waals surface area contributed by atoms with Gasteiger partial charge in [0.2, 0.25) is 0 Å². The van der Waals surface area contributed by atoms with Gasteiger partial charge in [-0.1, -0.05) is 48.5 Å². The van der Waals surface area contributed by atoms with Crippen LogP contribution in [0.3, 0.4) is 0 Å². The van der Waals surface area contributed by atoms with Crippen molar-refractivity contribution in [3.8, 4) is 0 Å². The zero-order valence-electron chi connectivity index (χ0n) is 13.9. The van der Waals surface area contributed by atoms with E-state index in [1.807, 2.05) is 48.4 Å². The van der Waals surface area contributed by atoms with E-state index in [4.69, 9.17) is 0 Å². The maximum Gasteiger partial charge on any atom is 0.250 e. The minimum atomic E-state index is -0.00569.